The monoisotopic (exact) mass is 347 g/mol. The minimum atomic E-state index is -2.79. The molecule has 5 heteroatoms. The Morgan fingerprint density at radius 2 is 2.20 bits per heavy atom. The first-order valence-corrected chi connectivity index (χ1v) is 7.78. The molecule has 20 heavy (non-hydrogen) atoms. The first-order valence-electron chi connectivity index (χ1n) is 6.98. The second-order valence-corrected chi connectivity index (χ2v) is 6.46. The van der Waals surface area contributed by atoms with E-state index in [0.717, 1.165) is 22.5 Å². The van der Waals surface area contributed by atoms with Crippen LogP contribution in [0.1, 0.15) is 31.7 Å². The maximum Gasteiger partial charge on any atom is 0.387 e. The van der Waals surface area contributed by atoms with Crippen LogP contribution in [-0.4, -0.2) is 13.2 Å². The summed E-state index contributed by atoms with van der Waals surface area (Å²) in [6.45, 7) is 0.978. The molecule has 0 aliphatic heterocycles. The summed E-state index contributed by atoms with van der Waals surface area (Å²) in [6, 6.07) is 5.10. The van der Waals surface area contributed by atoms with Crippen molar-refractivity contribution in [2.75, 3.05) is 6.54 Å². The van der Waals surface area contributed by atoms with Gasteiger partial charge in [-0.15, -0.1) is 0 Å². The molecule has 1 aromatic carbocycles. The maximum atomic E-state index is 12.4. The van der Waals surface area contributed by atoms with Gasteiger partial charge in [-0.05, 0) is 49.4 Å². The van der Waals surface area contributed by atoms with Crippen molar-refractivity contribution < 1.29 is 13.5 Å². The third-order valence-electron chi connectivity index (χ3n) is 3.79. The van der Waals surface area contributed by atoms with Gasteiger partial charge < -0.3 is 10.1 Å². The molecular formula is C15H20BrF2NO. The number of benzene rings is 1. The average Bonchev–Trinajstić information content (AvgIpc) is 2.78. The summed E-state index contributed by atoms with van der Waals surface area (Å²) >= 11 is 3.36. The quantitative estimate of drug-likeness (QED) is 0.813. The Bertz CT molecular complexity index is 442. The highest BCUT2D eigenvalue weighted by molar-refractivity contribution is 9.10. The highest BCUT2D eigenvalue weighted by Gasteiger charge is 2.20. The molecule has 0 spiro atoms. The minimum absolute atomic E-state index is 0.246. The Labute approximate surface area is 127 Å². The second kappa shape index (κ2) is 7.36. The third kappa shape index (κ3) is 4.70. The van der Waals surface area contributed by atoms with Gasteiger partial charge in [-0.25, -0.2) is 0 Å². The number of hydrogen-bond acceptors (Lipinski definition) is 2. The van der Waals surface area contributed by atoms with Crippen molar-refractivity contribution in [3.63, 3.8) is 0 Å². The summed E-state index contributed by atoms with van der Waals surface area (Å²) in [7, 11) is 0. The van der Waals surface area contributed by atoms with Crippen molar-refractivity contribution >= 4 is 15.9 Å². The molecule has 112 valence electrons. The molecule has 1 aromatic rings. The summed E-state index contributed by atoms with van der Waals surface area (Å²) < 4.78 is 30.1. The number of rotatable bonds is 6. The number of ether oxygens (including phenoxy) is 1. The fraction of sp³-hybridized carbons (Fsp3) is 0.600. The van der Waals surface area contributed by atoms with E-state index in [1.807, 2.05) is 6.07 Å². The van der Waals surface area contributed by atoms with Crippen molar-refractivity contribution in [2.24, 2.45) is 11.8 Å². The Morgan fingerprint density at radius 1 is 1.40 bits per heavy atom. The Balaban J connectivity index is 1.89. The number of halogens is 3. The van der Waals surface area contributed by atoms with E-state index < -0.39 is 6.61 Å². The summed E-state index contributed by atoms with van der Waals surface area (Å²) in [5, 5.41) is 3.36. The van der Waals surface area contributed by atoms with Crippen LogP contribution in [0.15, 0.2) is 22.7 Å². The molecule has 1 aliphatic carbocycles. The predicted molar refractivity (Wildman–Crippen MR) is 79.0 cm³/mol. The summed E-state index contributed by atoms with van der Waals surface area (Å²) in [5.74, 6) is 1.76. The molecule has 0 bridgehead atoms. The zero-order valence-electron chi connectivity index (χ0n) is 11.5. The molecule has 0 amide bonds. The first-order chi connectivity index (χ1) is 9.54. The highest BCUT2D eigenvalue weighted by atomic mass is 79.9. The molecule has 1 fully saturated rings. The van der Waals surface area contributed by atoms with Crippen LogP contribution >= 0.6 is 15.9 Å². The lowest BCUT2D eigenvalue weighted by Crippen LogP contribution is -2.21. The van der Waals surface area contributed by atoms with Gasteiger partial charge in [0.25, 0.3) is 0 Å². The Hall–Kier alpha value is -0.680. The smallest absolute Gasteiger partial charge is 0.387 e. The van der Waals surface area contributed by atoms with Gasteiger partial charge in [-0.3, -0.25) is 0 Å². The molecule has 2 unspecified atom stereocenters. The first kappa shape index (κ1) is 15.7. The van der Waals surface area contributed by atoms with Crippen LogP contribution in [0, 0.1) is 11.8 Å². The topological polar surface area (TPSA) is 21.3 Å². The second-order valence-electron chi connectivity index (χ2n) is 5.55. The minimum Gasteiger partial charge on any atom is -0.434 e. The van der Waals surface area contributed by atoms with Gasteiger partial charge >= 0.3 is 6.61 Å². The predicted octanol–water partition coefficient (Wildman–Crippen LogP) is 4.58. The van der Waals surface area contributed by atoms with Crippen molar-refractivity contribution in [1.82, 2.24) is 5.32 Å². The van der Waals surface area contributed by atoms with Crippen molar-refractivity contribution in [2.45, 2.75) is 39.3 Å². The van der Waals surface area contributed by atoms with Gasteiger partial charge in [0.2, 0.25) is 0 Å². The Kier molecular flexibility index (Phi) is 5.78. The molecule has 2 rings (SSSR count). The molecule has 0 heterocycles. The Morgan fingerprint density at radius 3 is 2.85 bits per heavy atom. The summed E-state index contributed by atoms with van der Waals surface area (Å²) in [5.41, 5.74) is 0.755. The van der Waals surface area contributed by atoms with Crippen LogP contribution in [0.2, 0.25) is 0 Å². The zero-order valence-corrected chi connectivity index (χ0v) is 13.1. The fourth-order valence-electron chi connectivity index (χ4n) is 2.82. The lowest BCUT2D eigenvalue weighted by molar-refractivity contribution is -0.0505. The van der Waals surface area contributed by atoms with E-state index in [0.29, 0.717) is 12.5 Å². The number of alkyl halides is 2. The van der Waals surface area contributed by atoms with Gasteiger partial charge in [0.15, 0.2) is 0 Å². The molecule has 2 nitrogen and oxygen atoms in total. The lowest BCUT2D eigenvalue weighted by Gasteiger charge is -2.14. The van der Waals surface area contributed by atoms with Crippen LogP contribution in [0.4, 0.5) is 8.78 Å². The van der Waals surface area contributed by atoms with Gasteiger partial charge in [0.1, 0.15) is 5.75 Å². The third-order valence-corrected chi connectivity index (χ3v) is 4.28. The molecule has 1 aliphatic rings. The van der Waals surface area contributed by atoms with Gasteiger partial charge in [0, 0.05) is 16.6 Å². The van der Waals surface area contributed by atoms with Crippen LogP contribution in [0.3, 0.4) is 0 Å². The van der Waals surface area contributed by atoms with E-state index in [1.165, 1.54) is 19.3 Å². The summed E-state index contributed by atoms with van der Waals surface area (Å²) in [6.07, 6.45) is 3.81. The van der Waals surface area contributed by atoms with Crippen LogP contribution < -0.4 is 10.1 Å². The molecule has 2 atom stereocenters. The normalized spacial score (nSPS) is 22.4. The van der Waals surface area contributed by atoms with E-state index in [9.17, 15) is 8.78 Å². The lowest BCUT2D eigenvalue weighted by atomic mass is 10.1. The van der Waals surface area contributed by atoms with E-state index in [1.54, 1.807) is 12.1 Å². The SMILES string of the molecule is CC1CCC(CNCc2cc(Br)ccc2OC(F)F)C1. The van der Waals surface area contributed by atoms with Crippen molar-refractivity contribution in [1.29, 1.82) is 0 Å². The largest absolute Gasteiger partial charge is 0.434 e. The molecular weight excluding hydrogens is 328 g/mol. The molecule has 0 radical (unpaired) electrons. The van der Waals surface area contributed by atoms with E-state index in [4.69, 9.17) is 0 Å². The van der Waals surface area contributed by atoms with Gasteiger partial charge in [-0.2, -0.15) is 8.78 Å². The van der Waals surface area contributed by atoms with Crippen molar-refractivity contribution in [3.05, 3.63) is 28.2 Å². The van der Waals surface area contributed by atoms with E-state index >= 15 is 0 Å². The van der Waals surface area contributed by atoms with Gasteiger partial charge in [0.05, 0.1) is 0 Å². The fourth-order valence-corrected chi connectivity index (χ4v) is 3.23. The molecule has 0 saturated heterocycles. The van der Waals surface area contributed by atoms with Crippen LogP contribution in [0.5, 0.6) is 5.75 Å². The van der Waals surface area contributed by atoms with Crippen LogP contribution in [0.25, 0.3) is 0 Å². The summed E-state index contributed by atoms with van der Waals surface area (Å²) in [4.78, 5) is 0. The highest BCUT2D eigenvalue weighted by Crippen LogP contribution is 2.30. The number of nitrogens with one attached hydrogen (secondary N) is 1. The standard InChI is InChI=1S/C15H20BrF2NO/c1-10-2-3-11(6-10)8-19-9-12-7-13(16)4-5-14(12)20-15(17)18/h4-5,7,10-11,15,19H,2-3,6,8-9H2,1H3. The van der Waals surface area contributed by atoms with E-state index in [2.05, 4.69) is 32.9 Å². The zero-order chi connectivity index (χ0) is 14.5. The molecule has 1 N–H and O–H groups in total. The van der Waals surface area contributed by atoms with Gasteiger partial charge in [-0.1, -0.05) is 29.3 Å². The van der Waals surface area contributed by atoms with E-state index in [-0.39, 0.29) is 5.75 Å². The van der Waals surface area contributed by atoms with Crippen molar-refractivity contribution in [3.8, 4) is 5.75 Å². The molecule has 0 aromatic heterocycles. The maximum absolute atomic E-state index is 12.4. The average molecular weight is 348 g/mol. The molecule has 1 saturated carbocycles. The van der Waals surface area contributed by atoms with Crippen LogP contribution in [-0.2, 0) is 6.54 Å². The number of hydrogen-bond donors (Lipinski definition) is 1.